The van der Waals surface area contributed by atoms with Crippen LogP contribution in [0.5, 0.6) is 11.5 Å². The maximum Gasteiger partial charge on any atom is 0.164 e. The number of hydrogen-bond donors (Lipinski definition) is 1. The summed E-state index contributed by atoms with van der Waals surface area (Å²) in [5, 5.41) is 0. The van der Waals surface area contributed by atoms with Crippen LogP contribution in [0.15, 0.2) is 36.7 Å². The lowest BCUT2D eigenvalue weighted by Gasteiger charge is -2.06. The Bertz CT molecular complexity index is 479. The largest absolute Gasteiger partial charge is 0.454 e. The standard InChI is InChI=1S/C14H17N3O/c1-2-14-16-9-13(10-17-14)18-12-5-3-11(4-6-12)7-8-15/h3-6,9-10H,2,7-8,15H2,1H3. The van der Waals surface area contributed by atoms with Gasteiger partial charge in [-0.1, -0.05) is 19.1 Å². The summed E-state index contributed by atoms with van der Waals surface area (Å²) in [5.41, 5.74) is 6.71. The Morgan fingerprint density at radius 2 is 1.72 bits per heavy atom. The molecule has 0 saturated carbocycles. The normalized spacial score (nSPS) is 10.3. The predicted octanol–water partition coefficient (Wildman–Crippen LogP) is 2.33. The minimum absolute atomic E-state index is 0.652. The lowest BCUT2D eigenvalue weighted by atomic mass is 10.1. The van der Waals surface area contributed by atoms with E-state index < -0.39 is 0 Å². The van der Waals surface area contributed by atoms with Gasteiger partial charge in [0.2, 0.25) is 0 Å². The van der Waals surface area contributed by atoms with Crippen molar-refractivity contribution >= 4 is 0 Å². The van der Waals surface area contributed by atoms with Gasteiger partial charge in [0.05, 0.1) is 12.4 Å². The minimum atomic E-state index is 0.652. The maximum absolute atomic E-state index is 5.65. The van der Waals surface area contributed by atoms with Crippen LogP contribution in [0, 0.1) is 0 Å². The molecular weight excluding hydrogens is 226 g/mol. The van der Waals surface area contributed by atoms with Gasteiger partial charge < -0.3 is 10.5 Å². The van der Waals surface area contributed by atoms with E-state index in [1.807, 2.05) is 31.2 Å². The van der Waals surface area contributed by atoms with Crippen LogP contribution >= 0.6 is 0 Å². The molecule has 0 bridgehead atoms. The van der Waals surface area contributed by atoms with Crippen molar-refractivity contribution in [2.45, 2.75) is 19.8 Å². The first-order valence-electron chi connectivity index (χ1n) is 6.09. The van der Waals surface area contributed by atoms with E-state index in [-0.39, 0.29) is 0 Å². The smallest absolute Gasteiger partial charge is 0.164 e. The molecule has 94 valence electrons. The first kappa shape index (κ1) is 12.5. The van der Waals surface area contributed by atoms with Crippen LogP contribution < -0.4 is 10.5 Å². The first-order chi connectivity index (χ1) is 8.81. The number of ether oxygens (including phenoxy) is 1. The monoisotopic (exact) mass is 243 g/mol. The summed E-state index contributed by atoms with van der Waals surface area (Å²) in [7, 11) is 0. The average Bonchev–Trinajstić information content (AvgIpc) is 2.42. The quantitative estimate of drug-likeness (QED) is 0.875. The number of benzene rings is 1. The first-order valence-corrected chi connectivity index (χ1v) is 6.09. The Labute approximate surface area is 107 Å². The van der Waals surface area contributed by atoms with E-state index in [4.69, 9.17) is 10.5 Å². The van der Waals surface area contributed by atoms with Crippen LogP contribution in [-0.4, -0.2) is 16.5 Å². The van der Waals surface area contributed by atoms with E-state index in [0.29, 0.717) is 12.3 Å². The molecule has 2 rings (SSSR count). The Morgan fingerprint density at radius 3 is 2.28 bits per heavy atom. The van der Waals surface area contributed by atoms with Gasteiger partial charge in [-0.3, -0.25) is 0 Å². The topological polar surface area (TPSA) is 61.0 Å². The van der Waals surface area contributed by atoms with Crippen molar-refractivity contribution in [3.05, 3.63) is 48.0 Å². The van der Waals surface area contributed by atoms with Crippen molar-refractivity contribution in [3.63, 3.8) is 0 Å². The molecule has 1 aromatic heterocycles. The fourth-order valence-corrected chi connectivity index (χ4v) is 1.61. The molecule has 0 atom stereocenters. The number of nitrogens with zero attached hydrogens (tertiary/aromatic N) is 2. The molecular formula is C14H17N3O. The fraction of sp³-hybridized carbons (Fsp3) is 0.286. The van der Waals surface area contributed by atoms with Gasteiger partial charge in [0.15, 0.2) is 5.75 Å². The SMILES string of the molecule is CCc1ncc(Oc2ccc(CCN)cc2)cn1. The molecule has 0 radical (unpaired) electrons. The van der Waals surface area contributed by atoms with Gasteiger partial charge in [0, 0.05) is 6.42 Å². The summed E-state index contributed by atoms with van der Waals surface area (Å²) < 4.78 is 5.65. The molecule has 0 fully saturated rings. The van der Waals surface area contributed by atoms with Crippen LogP contribution in [-0.2, 0) is 12.8 Å². The molecule has 4 heteroatoms. The van der Waals surface area contributed by atoms with Crippen LogP contribution in [0.3, 0.4) is 0 Å². The number of rotatable bonds is 5. The second kappa shape index (κ2) is 6.12. The van der Waals surface area contributed by atoms with Crippen molar-refractivity contribution < 1.29 is 4.74 Å². The van der Waals surface area contributed by atoms with Gasteiger partial charge in [0.25, 0.3) is 0 Å². The van der Waals surface area contributed by atoms with E-state index in [1.165, 1.54) is 5.56 Å². The third kappa shape index (κ3) is 3.28. The van der Waals surface area contributed by atoms with Gasteiger partial charge in [-0.15, -0.1) is 0 Å². The van der Waals surface area contributed by atoms with Gasteiger partial charge in [-0.2, -0.15) is 0 Å². The zero-order chi connectivity index (χ0) is 12.8. The molecule has 0 aliphatic heterocycles. The summed E-state index contributed by atoms with van der Waals surface area (Å²) in [6.45, 7) is 2.68. The minimum Gasteiger partial charge on any atom is -0.454 e. The van der Waals surface area contributed by atoms with E-state index in [9.17, 15) is 0 Å². The molecule has 0 saturated heterocycles. The summed E-state index contributed by atoms with van der Waals surface area (Å²) in [6, 6.07) is 7.89. The Kier molecular flexibility index (Phi) is 4.25. The van der Waals surface area contributed by atoms with Crippen molar-refractivity contribution in [2.75, 3.05) is 6.54 Å². The van der Waals surface area contributed by atoms with Crippen LogP contribution in [0.4, 0.5) is 0 Å². The highest BCUT2D eigenvalue weighted by atomic mass is 16.5. The molecule has 0 amide bonds. The lowest BCUT2D eigenvalue weighted by molar-refractivity contribution is 0.476. The van der Waals surface area contributed by atoms with E-state index in [0.717, 1.165) is 24.4 Å². The lowest BCUT2D eigenvalue weighted by Crippen LogP contribution is -2.02. The summed E-state index contributed by atoms with van der Waals surface area (Å²) >= 11 is 0. The zero-order valence-electron chi connectivity index (χ0n) is 10.5. The summed E-state index contributed by atoms with van der Waals surface area (Å²) in [5.74, 6) is 2.25. The molecule has 1 aromatic carbocycles. The van der Waals surface area contributed by atoms with E-state index >= 15 is 0 Å². The fourth-order valence-electron chi connectivity index (χ4n) is 1.61. The van der Waals surface area contributed by atoms with Crippen LogP contribution in [0.25, 0.3) is 0 Å². The number of aromatic nitrogens is 2. The maximum atomic E-state index is 5.65. The second-order valence-electron chi connectivity index (χ2n) is 3.97. The van der Waals surface area contributed by atoms with Crippen molar-refractivity contribution in [1.29, 1.82) is 0 Å². The number of aryl methyl sites for hydroxylation is 1. The second-order valence-corrected chi connectivity index (χ2v) is 3.97. The summed E-state index contributed by atoms with van der Waals surface area (Å²) in [4.78, 5) is 8.38. The van der Waals surface area contributed by atoms with Gasteiger partial charge in [-0.25, -0.2) is 9.97 Å². The molecule has 0 aliphatic carbocycles. The Morgan fingerprint density at radius 1 is 1.06 bits per heavy atom. The van der Waals surface area contributed by atoms with Crippen molar-refractivity contribution in [3.8, 4) is 11.5 Å². The molecule has 0 spiro atoms. The Balaban J connectivity index is 2.03. The van der Waals surface area contributed by atoms with E-state index in [2.05, 4.69) is 9.97 Å². The molecule has 4 nitrogen and oxygen atoms in total. The van der Waals surface area contributed by atoms with Gasteiger partial charge in [-0.05, 0) is 30.7 Å². The molecule has 2 aromatic rings. The van der Waals surface area contributed by atoms with Gasteiger partial charge in [0.1, 0.15) is 11.6 Å². The Hall–Kier alpha value is -1.94. The van der Waals surface area contributed by atoms with Crippen LogP contribution in [0.2, 0.25) is 0 Å². The number of hydrogen-bond acceptors (Lipinski definition) is 4. The van der Waals surface area contributed by atoms with Crippen molar-refractivity contribution in [1.82, 2.24) is 9.97 Å². The van der Waals surface area contributed by atoms with Crippen LogP contribution in [0.1, 0.15) is 18.3 Å². The third-order valence-electron chi connectivity index (χ3n) is 2.59. The van der Waals surface area contributed by atoms with Crippen molar-refractivity contribution in [2.24, 2.45) is 5.73 Å². The molecule has 0 aliphatic rings. The summed E-state index contributed by atoms with van der Waals surface area (Å²) in [6.07, 6.45) is 5.10. The molecule has 1 heterocycles. The highest BCUT2D eigenvalue weighted by molar-refractivity contribution is 5.31. The van der Waals surface area contributed by atoms with Gasteiger partial charge >= 0.3 is 0 Å². The zero-order valence-corrected chi connectivity index (χ0v) is 10.5. The average molecular weight is 243 g/mol. The third-order valence-corrected chi connectivity index (χ3v) is 2.59. The number of nitrogens with two attached hydrogens (primary N) is 1. The van der Waals surface area contributed by atoms with E-state index in [1.54, 1.807) is 12.4 Å². The molecule has 18 heavy (non-hydrogen) atoms. The highest BCUT2D eigenvalue weighted by Crippen LogP contribution is 2.20. The molecule has 0 unspecified atom stereocenters. The molecule has 2 N–H and O–H groups in total. The highest BCUT2D eigenvalue weighted by Gasteiger charge is 1.99. The predicted molar refractivity (Wildman–Crippen MR) is 70.7 cm³/mol.